The first-order chi connectivity index (χ1) is 8.70. The smallest absolute Gasteiger partial charge is 0.124 e. The van der Waals surface area contributed by atoms with Crippen LogP contribution in [0.5, 0.6) is 0 Å². The molecule has 0 bridgehead atoms. The Labute approximate surface area is 119 Å². The number of nitrogens with one attached hydrogen (secondary N) is 1. The van der Waals surface area contributed by atoms with E-state index in [0.29, 0.717) is 0 Å². The second-order valence-corrected chi connectivity index (χ2v) is 6.00. The van der Waals surface area contributed by atoms with Gasteiger partial charge in [-0.3, -0.25) is 0 Å². The summed E-state index contributed by atoms with van der Waals surface area (Å²) in [7, 11) is 0. The van der Waals surface area contributed by atoms with E-state index in [1.807, 2.05) is 17.5 Å². The van der Waals surface area contributed by atoms with Gasteiger partial charge in [-0.2, -0.15) is 0 Å². The summed E-state index contributed by atoms with van der Waals surface area (Å²) in [6.45, 7) is 3.04. The highest BCUT2D eigenvalue weighted by Gasteiger charge is 2.15. The first-order valence-electron chi connectivity index (χ1n) is 5.93. The highest BCUT2D eigenvalue weighted by atomic mass is 79.9. The molecule has 0 fully saturated rings. The van der Waals surface area contributed by atoms with Crippen molar-refractivity contribution in [3.8, 4) is 0 Å². The van der Waals surface area contributed by atoms with Crippen molar-refractivity contribution in [1.82, 2.24) is 5.32 Å². The Hall–Kier alpha value is -0.710. The summed E-state index contributed by atoms with van der Waals surface area (Å²) in [5, 5.41) is 5.51. The van der Waals surface area contributed by atoms with Crippen molar-refractivity contribution in [3.05, 3.63) is 56.4 Å². The molecule has 18 heavy (non-hydrogen) atoms. The summed E-state index contributed by atoms with van der Waals surface area (Å²) >= 11 is 5.04. The van der Waals surface area contributed by atoms with Crippen LogP contribution >= 0.6 is 27.3 Å². The molecule has 0 radical (unpaired) electrons. The average Bonchev–Trinajstić information content (AvgIpc) is 2.82. The second-order valence-electron chi connectivity index (χ2n) is 4.11. The van der Waals surface area contributed by atoms with Gasteiger partial charge >= 0.3 is 0 Å². The normalized spacial score (nSPS) is 12.6. The predicted molar refractivity (Wildman–Crippen MR) is 78.6 cm³/mol. The van der Waals surface area contributed by atoms with Gasteiger partial charge in [0.1, 0.15) is 5.82 Å². The van der Waals surface area contributed by atoms with Gasteiger partial charge in [-0.1, -0.05) is 28.9 Å². The number of halogens is 2. The molecule has 1 aromatic carbocycles. The lowest BCUT2D eigenvalue weighted by Crippen LogP contribution is -2.22. The van der Waals surface area contributed by atoms with Crippen LogP contribution in [0.2, 0.25) is 0 Å². The van der Waals surface area contributed by atoms with Crippen LogP contribution in [0, 0.1) is 5.82 Å². The van der Waals surface area contributed by atoms with Crippen molar-refractivity contribution in [1.29, 1.82) is 0 Å². The van der Waals surface area contributed by atoms with E-state index in [2.05, 4.69) is 34.2 Å². The standard InChI is InChI=1S/C14H15BrFNS/c1-2-5-17-14(13-4-3-6-18-13)10-7-11(15)9-12(16)8-10/h3-4,6-9,14,17H,2,5H2,1H3. The van der Waals surface area contributed by atoms with Crippen molar-refractivity contribution in [3.63, 3.8) is 0 Å². The van der Waals surface area contributed by atoms with Gasteiger partial charge in [-0.15, -0.1) is 11.3 Å². The Morgan fingerprint density at radius 1 is 1.39 bits per heavy atom. The van der Waals surface area contributed by atoms with Gasteiger partial charge in [0.25, 0.3) is 0 Å². The zero-order valence-corrected chi connectivity index (χ0v) is 12.5. The van der Waals surface area contributed by atoms with Crippen LogP contribution in [0.3, 0.4) is 0 Å². The van der Waals surface area contributed by atoms with Crippen LogP contribution in [0.15, 0.2) is 40.2 Å². The minimum absolute atomic E-state index is 0.0666. The first-order valence-corrected chi connectivity index (χ1v) is 7.60. The molecule has 0 spiro atoms. The molecule has 1 heterocycles. The van der Waals surface area contributed by atoms with Crippen LogP contribution < -0.4 is 5.32 Å². The van der Waals surface area contributed by atoms with Crippen LogP contribution in [0.4, 0.5) is 4.39 Å². The minimum Gasteiger partial charge on any atom is -0.306 e. The molecule has 0 saturated heterocycles. The zero-order chi connectivity index (χ0) is 13.0. The van der Waals surface area contributed by atoms with Crippen LogP contribution in [0.25, 0.3) is 0 Å². The number of hydrogen-bond acceptors (Lipinski definition) is 2. The SMILES string of the molecule is CCCNC(c1cc(F)cc(Br)c1)c1cccs1. The van der Waals surface area contributed by atoms with Gasteiger partial charge in [-0.25, -0.2) is 4.39 Å². The van der Waals surface area contributed by atoms with Crippen LogP contribution in [0.1, 0.15) is 29.8 Å². The molecule has 1 atom stereocenters. The summed E-state index contributed by atoms with van der Waals surface area (Å²) in [5.74, 6) is -0.209. The molecule has 1 nitrogen and oxygen atoms in total. The molecular weight excluding hydrogens is 313 g/mol. The van der Waals surface area contributed by atoms with E-state index < -0.39 is 0 Å². The van der Waals surface area contributed by atoms with E-state index in [1.54, 1.807) is 17.4 Å². The molecule has 0 aliphatic rings. The molecule has 1 aromatic heterocycles. The van der Waals surface area contributed by atoms with Crippen molar-refractivity contribution in [2.75, 3.05) is 6.54 Å². The van der Waals surface area contributed by atoms with Gasteiger partial charge < -0.3 is 5.32 Å². The highest BCUT2D eigenvalue weighted by Crippen LogP contribution is 2.28. The molecule has 1 N–H and O–H groups in total. The third-order valence-corrected chi connectivity index (χ3v) is 4.04. The van der Waals surface area contributed by atoms with Crippen molar-refractivity contribution in [2.45, 2.75) is 19.4 Å². The molecule has 0 aliphatic heterocycles. The fraction of sp³-hybridized carbons (Fsp3) is 0.286. The van der Waals surface area contributed by atoms with Crippen molar-refractivity contribution < 1.29 is 4.39 Å². The van der Waals surface area contributed by atoms with E-state index in [-0.39, 0.29) is 11.9 Å². The highest BCUT2D eigenvalue weighted by molar-refractivity contribution is 9.10. The lowest BCUT2D eigenvalue weighted by Gasteiger charge is -2.18. The quantitative estimate of drug-likeness (QED) is 0.836. The third kappa shape index (κ3) is 3.40. The Balaban J connectivity index is 2.33. The molecule has 2 rings (SSSR count). The number of rotatable bonds is 5. The first kappa shape index (κ1) is 13.7. The maximum Gasteiger partial charge on any atom is 0.124 e. The molecule has 2 aromatic rings. The van der Waals surface area contributed by atoms with Crippen molar-refractivity contribution in [2.24, 2.45) is 0 Å². The zero-order valence-electron chi connectivity index (χ0n) is 10.1. The fourth-order valence-electron chi connectivity index (χ4n) is 1.87. The molecule has 4 heteroatoms. The summed E-state index contributed by atoms with van der Waals surface area (Å²) in [5.41, 5.74) is 0.956. The lowest BCUT2D eigenvalue weighted by molar-refractivity contribution is 0.590. The second kappa shape index (κ2) is 6.45. The van der Waals surface area contributed by atoms with Gasteiger partial charge in [-0.05, 0) is 48.2 Å². The molecule has 0 aliphatic carbocycles. The number of thiophene rings is 1. The number of benzene rings is 1. The van der Waals surface area contributed by atoms with Gasteiger partial charge in [0, 0.05) is 9.35 Å². The summed E-state index contributed by atoms with van der Waals surface area (Å²) < 4.78 is 14.3. The average molecular weight is 328 g/mol. The maximum atomic E-state index is 13.5. The predicted octanol–water partition coefficient (Wildman–Crippen LogP) is 4.74. The molecule has 1 unspecified atom stereocenters. The molecule has 96 valence electrons. The van der Waals surface area contributed by atoms with E-state index in [4.69, 9.17) is 0 Å². The Kier molecular flexibility index (Phi) is 4.92. The van der Waals surface area contributed by atoms with Crippen LogP contribution in [-0.4, -0.2) is 6.54 Å². The number of hydrogen-bond donors (Lipinski definition) is 1. The molecular formula is C14H15BrFNS. The van der Waals surface area contributed by atoms with Gasteiger partial charge in [0.05, 0.1) is 6.04 Å². The summed E-state index contributed by atoms with van der Waals surface area (Å²) in [6, 6.07) is 9.21. The Bertz CT molecular complexity index is 478. The Morgan fingerprint density at radius 2 is 2.22 bits per heavy atom. The molecule has 0 saturated carbocycles. The van der Waals surface area contributed by atoms with E-state index in [9.17, 15) is 4.39 Å². The monoisotopic (exact) mass is 327 g/mol. The Morgan fingerprint density at radius 3 is 2.83 bits per heavy atom. The lowest BCUT2D eigenvalue weighted by atomic mass is 10.1. The fourth-order valence-corrected chi connectivity index (χ4v) is 3.18. The topological polar surface area (TPSA) is 12.0 Å². The summed E-state index contributed by atoms with van der Waals surface area (Å²) in [6.07, 6.45) is 1.05. The molecule has 0 amide bonds. The minimum atomic E-state index is -0.209. The van der Waals surface area contributed by atoms with Crippen LogP contribution in [-0.2, 0) is 0 Å². The van der Waals surface area contributed by atoms with E-state index in [0.717, 1.165) is 23.0 Å². The largest absolute Gasteiger partial charge is 0.306 e. The maximum absolute atomic E-state index is 13.5. The third-order valence-electron chi connectivity index (χ3n) is 2.64. The summed E-state index contributed by atoms with van der Waals surface area (Å²) in [4.78, 5) is 1.21. The van der Waals surface area contributed by atoms with Gasteiger partial charge in [0.2, 0.25) is 0 Å². The van der Waals surface area contributed by atoms with Crippen molar-refractivity contribution >= 4 is 27.3 Å². The van der Waals surface area contributed by atoms with Gasteiger partial charge in [0.15, 0.2) is 0 Å². The van der Waals surface area contributed by atoms with E-state index in [1.165, 1.54) is 10.9 Å². The van der Waals surface area contributed by atoms with E-state index >= 15 is 0 Å².